The number of Topliss-reactive ketones (excluding diaryl/α,β-unsaturated/α-hetero) is 1. The van der Waals surface area contributed by atoms with Crippen LogP contribution in [0.5, 0.6) is 0 Å². The molecule has 0 spiro atoms. The number of unbranched alkanes of at least 4 members (excludes halogenated alkanes) is 9. The number of carbonyl (C=O) groups excluding carboxylic acids is 1. The molecule has 0 aromatic carbocycles. The Bertz CT molecular complexity index is 705. The van der Waals surface area contributed by atoms with Crippen LogP contribution in [0, 0.1) is 0 Å². The van der Waals surface area contributed by atoms with Crippen LogP contribution in [0.25, 0.3) is 0 Å². The number of amidine groups is 1. The predicted molar refractivity (Wildman–Crippen MR) is 127 cm³/mol. The molecule has 0 saturated heterocycles. The van der Waals surface area contributed by atoms with Gasteiger partial charge in [-0.25, -0.2) is 0 Å². The largest absolute Gasteiger partial charge is 0.392 e. The Hall–Kier alpha value is -1.29. The van der Waals surface area contributed by atoms with Crippen molar-refractivity contribution in [1.82, 2.24) is 4.90 Å². The maximum absolute atomic E-state index is 12.8. The van der Waals surface area contributed by atoms with Gasteiger partial charge in [0.2, 0.25) is 5.78 Å². The second-order valence-electron chi connectivity index (χ2n) is 8.60. The van der Waals surface area contributed by atoms with Gasteiger partial charge in [-0.2, -0.15) is 8.42 Å². The zero-order valence-corrected chi connectivity index (χ0v) is 20.4. The lowest BCUT2D eigenvalue weighted by molar-refractivity contribution is -0.525. The van der Waals surface area contributed by atoms with Gasteiger partial charge >= 0.3 is 5.84 Å². The molecule has 3 N–H and O–H groups in total. The van der Waals surface area contributed by atoms with E-state index >= 15 is 0 Å². The normalized spacial score (nSPS) is 15.8. The fourth-order valence-electron chi connectivity index (χ4n) is 4.14. The zero-order valence-electron chi connectivity index (χ0n) is 19.6. The van der Waals surface area contributed by atoms with Gasteiger partial charge in [-0.05, 0) is 26.2 Å². The number of aliphatic hydroxyl groups excluding tert-OH is 2. The highest BCUT2D eigenvalue weighted by molar-refractivity contribution is 7.85. The monoisotopic (exact) mass is 475 g/mol. The lowest BCUT2D eigenvalue weighted by Gasteiger charge is -2.13. The Balaban J connectivity index is 2.36. The molecule has 1 unspecified atom stereocenters. The molecule has 0 aliphatic carbocycles. The number of nitrogens with zero attached hydrogens (tertiary/aromatic N) is 2. The van der Waals surface area contributed by atoms with Crippen LogP contribution >= 0.6 is 0 Å². The summed E-state index contributed by atoms with van der Waals surface area (Å²) in [7, 11) is -4.29. The standard InChI is InChI=1S/C23H42N2O6S/c1-2-3-4-5-6-7-8-9-10-11-12-13-14-22(28)23-24(17-18-26)15-16-25(23)19-21(27)20-32(29,30)31/h2-3,21,26-27H,4-20H2,1H3/p+1/b3-2+. The molecular weight excluding hydrogens is 432 g/mol. The summed E-state index contributed by atoms with van der Waals surface area (Å²) in [5.41, 5.74) is 0. The molecule has 1 aliphatic rings. The van der Waals surface area contributed by atoms with Crippen molar-refractivity contribution in [3.05, 3.63) is 12.2 Å². The van der Waals surface area contributed by atoms with Crippen LogP contribution < -0.4 is 0 Å². The van der Waals surface area contributed by atoms with E-state index in [1.807, 2.05) is 0 Å². The van der Waals surface area contributed by atoms with Gasteiger partial charge in [0.25, 0.3) is 10.1 Å². The van der Waals surface area contributed by atoms with Crippen LogP contribution in [0.2, 0.25) is 0 Å². The number of rotatable bonds is 19. The average Bonchev–Trinajstić information content (AvgIpc) is 3.09. The molecule has 9 heteroatoms. The Morgan fingerprint density at radius 2 is 1.69 bits per heavy atom. The molecular formula is C23H43N2O6S+. The van der Waals surface area contributed by atoms with Gasteiger partial charge in [-0.3, -0.25) is 18.8 Å². The molecule has 32 heavy (non-hydrogen) atoms. The number of hydrogen-bond donors (Lipinski definition) is 3. The van der Waals surface area contributed by atoms with Crippen molar-refractivity contribution >= 4 is 21.7 Å². The lowest BCUT2D eigenvalue weighted by atomic mass is 10.0. The second-order valence-corrected chi connectivity index (χ2v) is 10.1. The molecule has 8 nitrogen and oxygen atoms in total. The van der Waals surface area contributed by atoms with E-state index in [4.69, 9.17) is 4.55 Å². The minimum absolute atomic E-state index is 0.0441. The van der Waals surface area contributed by atoms with E-state index in [1.165, 1.54) is 44.9 Å². The molecule has 0 bridgehead atoms. The first-order valence-corrected chi connectivity index (χ1v) is 13.6. The summed E-state index contributed by atoms with van der Waals surface area (Å²) in [4.78, 5) is 14.6. The van der Waals surface area contributed by atoms with Gasteiger partial charge in [-0.1, -0.05) is 57.1 Å². The molecule has 0 aromatic rings. The summed E-state index contributed by atoms with van der Waals surface area (Å²) < 4.78 is 32.6. The topological polar surface area (TPSA) is 118 Å². The smallest absolute Gasteiger partial charge is 0.316 e. The summed E-state index contributed by atoms with van der Waals surface area (Å²) in [5, 5.41) is 19.3. The van der Waals surface area contributed by atoms with E-state index in [1.54, 1.807) is 9.48 Å². The minimum atomic E-state index is -4.29. The fourth-order valence-corrected chi connectivity index (χ4v) is 4.73. The average molecular weight is 476 g/mol. The van der Waals surface area contributed by atoms with Gasteiger partial charge in [0.05, 0.1) is 6.61 Å². The van der Waals surface area contributed by atoms with Crippen LogP contribution in [-0.2, 0) is 14.9 Å². The molecule has 0 saturated carbocycles. The Morgan fingerprint density at radius 3 is 2.25 bits per heavy atom. The van der Waals surface area contributed by atoms with Crippen molar-refractivity contribution in [1.29, 1.82) is 0 Å². The van der Waals surface area contributed by atoms with Gasteiger partial charge in [0, 0.05) is 6.42 Å². The summed E-state index contributed by atoms with van der Waals surface area (Å²) in [6, 6.07) is 0. The molecule has 186 valence electrons. The summed E-state index contributed by atoms with van der Waals surface area (Å²) >= 11 is 0. The molecule has 1 aliphatic heterocycles. The first kappa shape index (κ1) is 28.7. The number of ketones is 1. The van der Waals surface area contributed by atoms with E-state index < -0.39 is 22.0 Å². The molecule has 1 heterocycles. The predicted octanol–water partition coefficient (Wildman–Crippen LogP) is 2.39. The second kappa shape index (κ2) is 16.3. The van der Waals surface area contributed by atoms with Crippen molar-refractivity contribution in [2.75, 3.05) is 38.5 Å². The van der Waals surface area contributed by atoms with Crippen molar-refractivity contribution < 1.29 is 32.6 Å². The molecule has 0 fully saturated rings. The van der Waals surface area contributed by atoms with E-state index in [2.05, 4.69) is 19.1 Å². The maximum Gasteiger partial charge on any atom is 0.316 e. The maximum atomic E-state index is 12.8. The molecule has 0 amide bonds. The quantitative estimate of drug-likeness (QED) is 0.114. The molecule has 1 rings (SSSR count). The minimum Gasteiger partial charge on any atom is -0.392 e. The third-order valence-electron chi connectivity index (χ3n) is 5.70. The third kappa shape index (κ3) is 12.7. The van der Waals surface area contributed by atoms with Crippen molar-refractivity contribution in [2.45, 2.75) is 83.7 Å². The van der Waals surface area contributed by atoms with Crippen molar-refractivity contribution in [2.24, 2.45) is 0 Å². The highest BCUT2D eigenvalue weighted by Gasteiger charge is 2.36. The van der Waals surface area contributed by atoms with Crippen LogP contribution in [-0.4, -0.2) is 88.9 Å². The first-order chi connectivity index (χ1) is 15.3. The number of aliphatic hydroxyl groups is 2. The van der Waals surface area contributed by atoms with Gasteiger partial charge < -0.3 is 10.2 Å². The SMILES string of the molecule is C/C=C/CCCCCCCCCCCC(=O)C1=[N+](CC(O)CS(=O)(=O)O)CCN1CCO. The van der Waals surface area contributed by atoms with Gasteiger partial charge in [0.1, 0.15) is 38.0 Å². The molecule has 1 atom stereocenters. The lowest BCUT2D eigenvalue weighted by Crippen LogP contribution is -2.40. The van der Waals surface area contributed by atoms with Crippen molar-refractivity contribution in [3.63, 3.8) is 0 Å². The van der Waals surface area contributed by atoms with E-state index in [0.717, 1.165) is 19.3 Å². The van der Waals surface area contributed by atoms with Gasteiger partial charge in [-0.15, -0.1) is 0 Å². The summed E-state index contributed by atoms with van der Waals surface area (Å²) in [6.45, 7) is 3.25. The van der Waals surface area contributed by atoms with Gasteiger partial charge in [0.15, 0.2) is 0 Å². The molecule has 0 aromatic heterocycles. The Morgan fingerprint density at radius 1 is 1.09 bits per heavy atom. The first-order valence-electron chi connectivity index (χ1n) is 12.0. The van der Waals surface area contributed by atoms with Crippen molar-refractivity contribution in [3.8, 4) is 0 Å². The number of carbonyl (C=O) groups is 1. The Labute approximate surface area is 193 Å². The van der Waals surface area contributed by atoms with E-state index in [9.17, 15) is 23.4 Å². The van der Waals surface area contributed by atoms with E-state index in [0.29, 0.717) is 31.9 Å². The number of β-amino-alcohol motifs (C(OH)–C–C–N with tert-alkyl or cyclic N) is 2. The van der Waals surface area contributed by atoms with E-state index in [-0.39, 0.29) is 18.9 Å². The van der Waals surface area contributed by atoms with Crippen LogP contribution in [0.4, 0.5) is 0 Å². The number of allylic oxidation sites excluding steroid dienone is 2. The Kier molecular flexibility index (Phi) is 14.7. The zero-order chi connectivity index (χ0) is 23.8. The number of hydrogen-bond acceptors (Lipinski definition) is 6. The molecule has 0 radical (unpaired) electrons. The van der Waals surface area contributed by atoms with Crippen LogP contribution in [0.15, 0.2) is 12.2 Å². The highest BCUT2D eigenvalue weighted by Crippen LogP contribution is 2.13. The third-order valence-corrected chi connectivity index (χ3v) is 6.51. The summed E-state index contributed by atoms with van der Waals surface area (Å²) in [5.74, 6) is -0.372. The van der Waals surface area contributed by atoms with Crippen LogP contribution in [0.3, 0.4) is 0 Å². The summed E-state index contributed by atoms with van der Waals surface area (Å²) in [6.07, 6.45) is 15.0. The highest BCUT2D eigenvalue weighted by atomic mass is 32.2. The van der Waals surface area contributed by atoms with Crippen LogP contribution in [0.1, 0.15) is 77.6 Å². The fraction of sp³-hybridized carbons (Fsp3) is 0.826.